The van der Waals surface area contributed by atoms with Gasteiger partial charge in [-0.15, -0.1) is 0 Å². The van der Waals surface area contributed by atoms with Gasteiger partial charge in [0.15, 0.2) is 0 Å². The van der Waals surface area contributed by atoms with Crippen LogP contribution < -0.4 is 10.6 Å². The van der Waals surface area contributed by atoms with Crippen LogP contribution in [0.2, 0.25) is 0 Å². The standard InChI is InChI=1S/C32H39N3O3/c1-24(26-15-8-5-9-16-26)33-23-30(36)29(21-25-13-6-4-7-14-25)34-31(37)27-17-12-18-28(22-27)32(38)35-19-10-2-3-11-20-35/h4-9,12-18,22,24,29-30,33,36H,2-3,10-11,19-21,23H2,1H3,(H,34,37)/t24-,29+,30-/m1/s1. The molecular weight excluding hydrogens is 474 g/mol. The molecule has 1 aliphatic heterocycles. The van der Waals surface area contributed by atoms with Crippen LogP contribution in [0.3, 0.4) is 0 Å². The van der Waals surface area contributed by atoms with E-state index in [1.54, 1.807) is 24.3 Å². The van der Waals surface area contributed by atoms with Crippen LogP contribution in [0.25, 0.3) is 0 Å². The van der Waals surface area contributed by atoms with Crippen LogP contribution in [-0.4, -0.2) is 53.6 Å². The van der Waals surface area contributed by atoms with Crippen molar-refractivity contribution in [2.75, 3.05) is 19.6 Å². The molecule has 1 heterocycles. The molecule has 4 rings (SSSR count). The summed E-state index contributed by atoms with van der Waals surface area (Å²) in [5, 5.41) is 17.6. The lowest BCUT2D eigenvalue weighted by atomic mass is 9.99. The van der Waals surface area contributed by atoms with Gasteiger partial charge in [0.25, 0.3) is 11.8 Å². The zero-order chi connectivity index (χ0) is 26.7. The highest BCUT2D eigenvalue weighted by Gasteiger charge is 2.24. The number of nitrogens with zero attached hydrogens (tertiary/aromatic N) is 1. The first-order valence-corrected chi connectivity index (χ1v) is 13.7. The number of nitrogens with one attached hydrogen (secondary N) is 2. The maximum absolute atomic E-state index is 13.3. The lowest BCUT2D eigenvalue weighted by Crippen LogP contribution is -2.49. The second kappa shape index (κ2) is 13.9. The summed E-state index contributed by atoms with van der Waals surface area (Å²) in [5.74, 6) is -0.326. The highest BCUT2D eigenvalue weighted by molar-refractivity contribution is 5.99. The molecule has 0 radical (unpaired) electrons. The highest BCUT2D eigenvalue weighted by atomic mass is 16.3. The molecule has 3 aromatic rings. The average molecular weight is 514 g/mol. The monoisotopic (exact) mass is 513 g/mol. The summed E-state index contributed by atoms with van der Waals surface area (Å²) in [5.41, 5.74) is 3.10. The van der Waals surface area contributed by atoms with E-state index < -0.39 is 12.1 Å². The first kappa shape index (κ1) is 27.6. The minimum Gasteiger partial charge on any atom is -0.390 e. The van der Waals surface area contributed by atoms with Gasteiger partial charge in [0.1, 0.15) is 0 Å². The number of aliphatic hydroxyl groups excluding tert-OH is 1. The SMILES string of the molecule is C[C@@H](NC[C@@H](O)[C@H](Cc1ccccc1)NC(=O)c1cccc(C(=O)N2CCCCCC2)c1)c1ccccc1. The van der Waals surface area contributed by atoms with E-state index in [2.05, 4.69) is 17.6 Å². The number of aliphatic hydroxyl groups is 1. The van der Waals surface area contributed by atoms with E-state index in [1.165, 1.54) is 0 Å². The molecule has 6 nitrogen and oxygen atoms in total. The number of carbonyl (C=O) groups excluding carboxylic acids is 2. The van der Waals surface area contributed by atoms with E-state index in [1.807, 2.05) is 65.6 Å². The van der Waals surface area contributed by atoms with Crippen LogP contribution in [0.5, 0.6) is 0 Å². The Kier molecular flexibility index (Phi) is 10.1. The summed E-state index contributed by atoms with van der Waals surface area (Å²) >= 11 is 0. The Bertz CT molecular complexity index is 1160. The fourth-order valence-electron chi connectivity index (χ4n) is 4.95. The number of carbonyl (C=O) groups is 2. The van der Waals surface area contributed by atoms with Crippen LogP contribution >= 0.6 is 0 Å². The van der Waals surface area contributed by atoms with Gasteiger partial charge in [-0.05, 0) is 55.5 Å². The molecule has 6 heteroatoms. The van der Waals surface area contributed by atoms with Crippen molar-refractivity contribution in [3.05, 3.63) is 107 Å². The van der Waals surface area contributed by atoms with Crippen molar-refractivity contribution in [3.8, 4) is 0 Å². The third kappa shape index (κ3) is 7.76. The smallest absolute Gasteiger partial charge is 0.253 e. The molecule has 1 aliphatic rings. The number of hydrogen-bond donors (Lipinski definition) is 3. The third-order valence-corrected chi connectivity index (χ3v) is 7.28. The van der Waals surface area contributed by atoms with E-state index in [-0.39, 0.29) is 17.9 Å². The molecule has 2 amide bonds. The predicted molar refractivity (Wildman–Crippen MR) is 151 cm³/mol. The van der Waals surface area contributed by atoms with Gasteiger partial charge in [0.2, 0.25) is 0 Å². The Morgan fingerprint density at radius 2 is 1.47 bits per heavy atom. The summed E-state index contributed by atoms with van der Waals surface area (Å²) in [4.78, 5) is 28.4. The summed E-state index contributed by atoms with van der Waals surface area (Å²) < 4.78 is 0. The summed E-state index contributed by atoms with van der Waals surface area (Å²) in [6, 6.07) is 26.4. The third-order valence-electron chi connectivity index (χ3n) is 7.28. The zero-order valence-corrected chi connectivity index (χ0v) is 22.2. The Morgan fingerprint density at radius 1 is 0.842 bits per heavy atom. The predicted octanol–water partition coefficient (Wildman–Crippen LogP) is 4.76. The van der Waals surface area contributed by atoms with Crippen LogP contribution in [-0.2, 0) is 6.42 Å². The topological polar surface area (TPSA) is 81.7 Å². The normalized spacial score (nSPS) is 16.2. The largest absolute Gasteiger partial charge is 0.390 e. The first-order chi connectivity index (χ1) is 18.5. The fourth-order valence-corrected chi connectivity index (χ4v) is 4.95. The maximum Gasteiger partial charge on any atom is 0.253 e. The molecule has 0 bridgehead atoms. The number of likely N-dealkylation sites (tertiary alicyclic amines) is 1. The van der Waals surface area contributed by atoms with Gasteiger partial charge in [-0.3, -0.25) is 9.59 Å². The van der Waals surface area contributed by atoms with Gasteiger partial charge < -0.3 is 20.6 Å². The molecule has 0 saturated carbocycles. The van der Waals surface area contributed by atoms with Crippen molar-refractivity contribution in [2.24, 2.45) is 0 Å². The summed E-state index contributed by atoms with van der Waals surface area (Å²) in [6.45, 7) is 3.89. The summed E-state index contributed by atoms with van der Waals surface area (Å²) in [6.07, 6.45) is 4.00. The zero-order valence-electron chi connectivity index (χ0n) is 22.2. The van der Waals surface area contributed by atoms with E-state index >= 15 is 0 Å². The first-order valence-electron chi connectivity index (χ1n) is 13.7. The minimum absolute atomic E-state index is 0.0264. The van der Waals surface area contributed by atoms with Crippen LogP contribution in [0.15, 0.2) is 84.9 Å². The fraction of sp³-hybridized carbons (Fsp3) is 0.375. The van der Waals surface area contributed by atoms with Crippen molar-refractivity contribution in [2.45, 2.75) is 57.2 Å². The Balaban J connectivity index is 1.45. The van der Waals surface area contributed by atoms with Crippen LogP contribution in [0, 0.1) is 0 Å². The van der Waals surface area contributed by atoms with Crippen LogP contribution in [0.1, 0.15) is 70.5 Å². The van der Waals surface area contributed by atoms with Gasteiger partial charge in [0, 0.05) is 36.8 Å². The number of benzene rings is 3. The van der Waals surface area contributed by atoms with Crippen LogP contribution in [0.4, 0.5) is 0 Å². The minimum atomic E-state index is -0.813. The second-order valence-corrected chi connectivity index (χ2v) is 10.2. The van der Waals surface area contributed by atoms with Gasteiger partial charge in [-0.25, -0.2) is 0 Å². The van der Waals surface area contributed by atoms with E-state index in [4.69, 9.17) is 0 Å². The van der Waals surface area contributed by atoms with E-state index in [9.17, 15) is 14.7 Å². The number of rotatable bonds is 10. The molecule has 1 fully saturated rings. The Morgan fingerprint density at radius 3 is 2.16 bits per heavy atom. The van der Waals surface area contributed by atoms with Gasteiger partial charge in [0.05, 0.1) is 12.1 Å². The molecular formula is C32H39N3O3. The molecule has 0 aromatic heterocycles. The molecule has 3 atom stereocenters. The lowest BCUT2D eigenvalue weighted by Gasteiger charge is -2.26. The molecule has 38 heavy (non-hydrogen) atoms. The van der Waals surface area contributed by atoms with Gasteiger partial charge in [-0.2, -0.15) is 0 Å². The van der Waals surface area contributed by atoms with Crippen molar-refractivity contribution in [1.29, 1.82) is 0 Å². The quantitative estimate of drug-likeness (QED) is 0.365. The van der Waals surface area contributed by atoms with Crippen molar-refractivity contribution < 1.29 is 14.7 Å². The molecule has 3 aromatic carbocycles. The van der Waals surface area contributed by atoms with Crippen molar-refractivity contribution >= 4 is 11.8 Å². The van der Waals surface area contributed by atoms with Crippen molar-refractivity contribution in [1.82, 2.24) is 15.5 Å². The highest BCUT2D eigenvalue weighted by Crippen LogP contribution is 2.16. The number of amides is 2. The number of hydrogen-bond acceptors (Lipinski definition) is 4. The molecule has 200 valence electrons. The average Bonchev–Trinajstić information content (AvgIpc) is 3.26. The molecule has 0 spiro atoms. The maximum atomic E-state index is 13.3. The molecule has 0 aliphatic carbocycles. The molecule has 0 unspecified atom stereocenters. The summed E-state index contributed by atoms with van der Waals surface area (Å²) in [7, 11) is 0. The lowest BCUT2D eigenvalue weighted by molar-refractivity contribution is 0.0761. The van der Waals surface area contributed by atoms with E-state index in [0.717, 1.165) is 49.9 Å². The van der Waals surface area contributed by atoms with E-state index in [0.29, 0.717) is 24.1 Å². The van der Waals surface area contributed by atoms with Gasteiger partial charge >= 0.3 is 0 Å². The van der Waals surface area contributed by atoms with Crippen molar-refractivity contribution in [3.63, 3.8) is 0 Å². The Hall–Kier alpha value is -3.48. The second-order valence-electron chi connectivity index (χ2n) is 10.2. The molecule has 1 saturated heterocycles. The van der Waals surface area contributed by atoms with Gasteiger partial charge in [-0.1, -0.05) is 79.6 Å². The Labute approximate surface area is 226 Å². The molecule has 3 N–H and O–H groups in total.